The molecule has 0 aliphatic heterocycles. The van der Waals surface area contributed by atoms with Crippen LogP contribution in [0.15, 0.2) is 37.1 Å². The SMILES string of the molecule is CN(C(=O)n1cnc(-c2ccc[n+]([O-])c2)c1)[C@H]1CC[C@H](O)CC1. The monoisotopic (exact) mass is 316 g/mol. The second-order valence-corrected chi connectivity index (χ2v) is 5.97. The van der Waals surface area contributed by atoms with Gasteiger partial charge < -0.3 is 15.2 Å². The third kappa shape index (κ3) is 3.34. The van der Waals surface area contributed by atoms with E-state index in [1.54, 1.807) is 30.3 Å². The van der Waals surface area contributed by atoms with Crippen LogP contribution in [0.5, 0.6) is 0 Å². The number of amides is 1. The summed E-state index contributed by atoms with van der Waals surface area (Å²) in [6, 6.07) is 3.40. The summed E-state index contributed by atoms with van der Waals surface area (Å²) >= 11 is 0. The molecule has 1 aliphatic carbocycles. The number of aliphatic hydroxyl groups excluding tert-OH is 1. The van der Waals surface area contributed by atoms with Gasteiger partial charge in [-0.3, -0.25) is 4.57 Å². The second-order valence-electron chi connectivity index (χ2n) is 5.97. The fraction of sp³-hybridized carbons (Fsp3) is 0.438. The lowest BCUT2D eigenvalue weighted by Crippen LogP contribution is -2.42. The lowest BCUT2D eigenvalue weighted by atomic mass is 9.92. The predicted octanol–water partition coefficient (Wildman–Crippen LogP) is 1.39. The predicted molar refractivity (Wildman–Crippen MR) is 83.4 cm³/mol. The van der Waals surface area contributed by atoms with Crippen LogP contribution in [0.3, 0.4) is 0 Å². The van der Waals surface area contributed by atoms with Crippen LogP contribution in [0.2, 0.25) is 0 Å². The first-order valence-electron chi connectivity index (χ1n) is 7.73. The van der Waals surface area contributed by atoms with E-state index in [9.17, 15) is 15.1 Å². The van der Waals surface area contributed by atoms with Crippen molar-refractivity contribution in [1.29, 1.82) is 0 Å². The highest BCUT2D eigenvalue weighted by Gasteiger charge is 2.26. The number of imidazole rings is 1. The van der Waals surface area contributed by atoms with Crippen molar-refractivity contribution >= 4 is 6.03 Å². The van der Waals surface area contributed by atoms with E-state index in [-0.39, 0.29) is 18.2 Å². The van der Waals surface area contributed by atoms with Crippen molar-refractivity contribution in [3.8, 4) is 11.3 Å². The molecule has 0 aromatic carbocycles. The van der Waals surface area contributed by atoms with Gasteiger partial charge in [0.2, 0.25) is 0 Å². The Morgan fingerprint density at radius 3 is 2.87 bits per heavy atom. The van der Waals surface area contributed by atoms with E-state index in [2.05, 4.69) is 4.98 Å². The molecule has 122 valence electrons. The molecule has 0 atom stereocenters. The van der Waals surface area contributed by atoms with Gasteiger partial charge in [-0.1, -0.05) is 0 Å². The third-order valence-electron chi connectivity index (χ3n) is 4.39. The minimum Gasteiger partial charge on any atom is -0.619 e. The Hall–Kier alpha value is -2.41. The number of aliphatic hydroxyl groups is 1. The topological polar surface area (TPSA) is 85.3 Å². The van der Waals surface area contributed by atoms with Gasteiger partial charge in [-0.25, -0.2) is 9.78 Å². The molecule has 2 aromatic rings. The first-order valence-corrected chi connectivity index (χ1v) is 7.73. The van der Waals surface area contributed by atoms with E-state index >= 15 is 0 Å². The lowest BCUT2D eigenvalue weighted by Gasteiger charge is -2.32. The highest BCUT2D eigenvalue weighted by Crippen LogP contribution is 2.23. The summed E-state index contributed by atoms with van der Waals surface area (Å²) < 4.78 is 2.14. The Labute approximate surface area is 134 Å². The van der Waals surface area contributed by atoms with E-state index in [4.69, 9.17) is 0 Å². The zero-order valence-electron chi connectivity index (χ0n) is 13.0. The molecule has 0 saturated heterocycles. The van der Waals surface area contributed by atoms with Gasteiger partial charge in [0.1, 0.15) is 6.33 Å². The summed E-state index contributed by atoms with van der Waals surface area (Å²) in [6.45, 7) is 0. The fourth-order valence-electron chi connectivity index (χ4n) is 2.97. The third-order valence-corrected chi connectivity index (χ3v) is 4.39. The quantitative estimate of drug-likeness (QED) is 0.670. The second kappa shape index (κ2) is 6.37. The van der Waals surface area contributed by atoms with Crippen LogP contribution in [0.4, 0.5) is 4.79 Å². The number of carbonyl (C=O) groups excluding carboxylic acids is 1. The minimum absolute atomic E-state index is 0.136. The van der Waals surface area contributed by atoms with Gasteiger partial charge in [0.25, 0.3) is 0 Å². The summed E-state index contributed by atoms with van der Waals surface area (Å²) in [5, 5.41) is 20.9. The normalized spacial score (nSPS) is 21.1. The molecule has 2 heterocycles. The number of nitrogens with zero attached hydrogens (tertiary/aromatic N) is 4. The van der Waals surface area contributed by atoms with Crippen LogP contribution in [0.25, 0.3) is 11.3 Å². The molecule has 2 aromatic heterocycles. The van der Waals surface area contributed by atoms with Gasteiger partial charge in [-0.2, -0.15) is 4.73 Å². The number of carbonyl (C=O) groups is 1. The largest absolute Gasteiger partial charge is 0.619 e. The first-order chi connectivity index (χ1) is 11.0. The van der Waals surface area contributed by atoms with Crippen molar-refractivity contribution < 1.29 is 14.6 Å². The van der Waals surface area contributed by atoms with Crippen molar-refractivity contribution in [2.75, 3.05) is 7.05 Å². The molecule has 1 amide bonds. The molecule has 23 heavy (non-hydrogen) atoms. The lowest BCUT2D eigenvalue weighted by molar-refractivity contribution is -0.604. The van der Waals surface area contributed by atoms with Crippen molar-refractivity contribution in [3.05, 3.63) is 42.3 Å². The van der Waals surface area contributed by atoms with Crippen LogP contribution in [0.1, 0.15) is 25.7 Å². The Kier molecular flexibility index (Phi) is 4.29. The summed E-state index contributed by atoms with van der Waals surface area (Å²) in [4.78, 5) is 18.5. The maximum absolute atomic E-state index is 12.6. The Morgan fingerprint density at radius 2 is 2.17 bits per heavy atom. The summed E-state index contributed by atoms with van der Waals surface area (Å²) in [6.07, 6.45) is 8.74. The van der Waals surface area contributed by atoms with Crippen LogP contribution >= 0.6 is 0 Å². The Bertz CT molecular complexity index is 692. The van der Waals surface area contributed by atoms with Gasteiger partial charge in [0.15, 0.2) is 12.4 Å². The smallest absolute Gasteiger partial charge is 0.329 e. The van der Waals surface area contributed by atoms with Gasteiger partial charge in [0, 0.05) is 25.4 Å². The molecule has 0 radical (unpaired) electrons. The molecule has 1 N–H and O–H groups in total. The highest BCUT2D eigenvalue weighted by molar-refractivity contribution is 5.78. The molecular formula is C16H20N4O3. The maximum Gasteiger partial charge on any atom is 0.329 e. The van der Waals surface area contributed by atoms with Crippen molar-refractivity contribution in [2.45, 2.75) is 37.8 Å². The van der Waals surface area contributed by atoms with Crippen LogP contribution in [-0.4, -0.2) is 44.8 Å². The number of rotatable bonds is 2. The molecule has 7 heteroatoms. The molecule has 0 spiro atoms. The van der Waals surface area contributed by atoms with Crippen molar-refractivity contribution in [2.24, 2.45) is 0 Å². The average Bonchev–Trinajstić information content (AvgIpc) is 3.04. The fourth-order valence-corrected chi connectivity index (χ4v) is 2.97. The number of pyridine rings is 1. The molecular weight excluding hydrogens is 296 g/mol. The molecule has 0 bridgehead atoms. The number of hydrogen-bond acceptors (Lipinski definition) is 4. The standard InChI is InChI=1S/C16H20N4O3/c1-18(13-4-6-14(21)7-5-13)16(22)19-10-15(17-11-19)12-3-2-8-20(23)9-12/h2-3,8-11,13-14,21H,4-7H2,1H3/t13-,14-. The molecule has 1 saturated carbocycles. The van der Waals surface area contributed by atoms with Crippen LogP contribution in [-0.2, 0) is 0 Å². The highest BCUT2D eigenvalue weighted by atomic mass is 16.5. The summed E-state index contributed by atoms with van der Waals surface area (Å²) in [5.41, 5.74) is 1.24. The Morgan fingerprint density at radius 1 is 1.43 bits per heavy atom. The molecule has 1 aliphatic rings. The van der Waals surface area contributed by atoms with Crippen LogP contribution in [0, 0.1) is 5.21 Å². The molecule has 0 unspecified atom stereocenters. The average molecular weight is 316 g/mol. The van der Waals surface area contributed by atoms with Crippen molar-refractivity contribution in [3.63, 3.8) is 0 Å². The number of aromatic nitrogens is 3. The van der Waals surface area contributed by atoms with E-state index in [0.29, 0.717) is 16.0 Å². The first kappa shape index (κ1) is 15.5. The van der Waals surface area contributed by atoms with E-state index in [1.807, 2.05) is 0 Å². The van der Waals surface area contributed by atoms with Gasteiger partial charge in [-0.05, 0) is 31.7 Å². The van der Waals surface area contributed by atoms with E-state index in [0.717, 1.165) is 25.7 Å². The Balaban J connectivity index is 1.73. The van der Waals surface area contributed by atoms with Gasteiger partial charge in [0.05, 0.1) is 17.4 Å². The van der Waals surface area contributed by atoms with Gasteiger partial charge in [-0.15, -0.1) is 0 Å². The minimum atomic E-state index is -0.244. The van der Waals surface area contributed by atoms with Crippen molar-refractivity contribution in [1.82, 2.24) is 14.5 Å². The summed E-state index contributed by atoms with van der Waals surface area (Å²) in [5.74, 6) is 0. The molecule has 1 fully saturated rings. The zero-order chi connectivity index (χ0) is 16.4. The van der Waals surface area contributed by atoms with E-state index in [1.165, 1.54) is 23.3 Å². The molecule has 3 rings (SSSR count). The van der Waals surface area contributed by atoms with Crippen LogP contribution < -0.4 is 4.73 Å². The summed E-state index contributed by atoms with van der Waals surface area (Å²) in [7, 11) is 1.78. The van der Waals surface area contributed by atoms with Gasteiger partial charge >= 0.3 is 6.03 Å². The maximum atomic E-state index is 12.6. The number of hydrogen-bond donors (Lipinski definition) is 1. The zero-order valence-corrected chi connectivity index (χ0v) is 13.0. The molecule has 7 nitrogen and oxygen atoms in total. The van der Waals surface area contributed by atoms with E-state index < -0.39 is 0 Å².